The third-order valence-corrected chi connectivity index (χ3v) is 6.84. The van der Waals surface area contributed by atoms with Gasteiger partial charge in [0.2, 0.25) is 0 Å². The summed E-state index contributed by atoms with van der Waals surface area (Å²) in [7, 11) is -4.13. The van der Waals surface area contributed by atoms with Crippen LogP contribution in [0.2, 0.25) is 39.3 Å². The van der Waals surface area contributed by atoms with E-state index in [1.807, 2.05) is 69.6 Å². The first-order valence-electron chi connectivity index (χ1n) is 6.50. The lowest BCUT2D eigenvalue weighted by Gasteiger charge is -2.44. The topological polar surface area (TPSA) is 46.5 Å². The number of hydrogen-bond donors (Lipinski definition) is 1. The Hall–Kier alpha value is -0.916. The Labute approximate surface area is 117 Å². The summed E-state index contributed by atoms with van der Waals surface area (Å²) in [5.74, 6) is -0.861. The lowest BCUT2D eigenvalue weighted by atomic mass is 10.1. The molecular formula is C14H24O3Si2. The summed E-state index contributed by atoms with van der Waals surface area (Å²) >= 11 is 0. The van der Waals surface area contributed by atoms with E-state index in [-0.39, 0.29) is 0 Å². The molecular weight excluding hydrogens is 272 g/mol. The number of benzene rings is 1. The van der Waals surface area contributed by atoms with Crippen molar-refractivity contribution in [2.75, 3.05) is 0 Å². The molecule has 0 fully saturated rings. The zero-order valence-corrected chi connectivity index (χ0v) is 14.7. The molecule has 0 heterocycles. The summed E-state index contributed by atoms with van der Waals surface area (Å²) in [6.45, 7) is 12.3. The minimum Gasteiger partial charge on any atom is -0.479 e. The van der Waals surface area contributed by atoms with Crippen molar-refractivity contribution in [3.05, 3.63) is 35.9 Å². The first-order valence-corrected chi connectivity index (χ1v) is 13.4. The van der Waals surface area contributed by atoms with Gasteiger partial charge in [0, 0.05) is 0 Å². The number of aliphatic carboxylic acids is 1. The highest BCUT2D eigenvalue weighted by Gasteiger charge is 2.54. The van der Waals surface area contributed by atoms with Gasteiger partial charge in [-0.3, -0.25) is 0 Å². The zero-order chi connectivity index (χ0) is 14.9. The van der Waals surface area contributed by atoms with Crippen LogP contribution in [0.25, 0.3) is 0 Å². The molecule has 3 nitrogen and oxygen atoms in total. The fourth-order valence-corrected chi connectivity index (χ4v) is 7.21. The van der Waals surface area contributed by atoms with E-state index in [0.717, 1.165) is 5.56 Å². The van der Waals surface area contributed by atoms with Gasteiger partial charge < -0.3 is 9.53 Å². The van der Waals surface area contributed by atoms with E-state index in [0.29, 0.717) is 0 Å². The van der Waals surface area contributed by atoms with Crippen LogP contribution in [0.5, 0.6) is 0 Å². The van der Waals surface area contributed by atoms with Crippen molar-refractivity contribution < 1.29 is 14.3 Å². The molecule has 0 amide bonds. The quantitative estimate of drug-likeness (QED) is 0.843. The Bertz CT molecular complexity index is 446. The number of carbonyl (C=O) groups is 1. The highest BCUT2D eigenvalue weighted by Crippen LogP contribution is 2.38. The number of rotatable bonds is 5. The fraction of sp³-hybridized carbons (Fsp3) is 0.500. The standard InChI is InChI=1S/C14H24O3Si2/c1-18(2,3)14(13(15)16,17-19(4,5)6)12-10-8-7-9-11-12/h7-11H,1-6H3,(H,15,16)/t14-/m0/s1. The Morgan fingerprint density at radius 1 is 1.05 bits per heavy atom. The molecule has 106 valence electrons. The van der Waals surface area contributed by atoms with Crippen molar-refractivity contribution in [2.24, 2.45) is 0 Å². The maximum Gasteiger partial charge on any atom is 0.335 e. The fourth-order valence-electron chi connectivity index (χ4n) is 2.27. The van der Waals surface area contributed by atoms with Crippen LogP contribution in [0.1, 0.15) is 5.56 Å². The van der Waals surface area contributed by atoms with Crippen LogP contribution in [0.3, 0.4) is 0 Å². The van der Waals surface area contributed by atoms with E-state index in [9.17, 15) is 9.90 Å². The molecule has 0 aliphatic carbocycles. The summed E-state index contributed by atoms with van der Waals surface area (Å²) in [6.07, 6.45) is 0. The zero-order valence-electron chi connectivity index (χ0n) is 12.7. The molecule has 0 saturated heterocycles. The monoisotopic (exact) mass is 296 g/mol. The Morgan fingerprint density at radius 2 is 1.53 bits per heavy atom. The molecule has 0 bridgehead atoms. The molecule has 1 atom stereocenters. The molecule has 1 aromatic carbocycles. The SMILES string of the molecule is C[Si](C)(C)O[C@@](C(=O)O)(c1ccccc1)[Si](C)(C)C. The van der Waals surface area contributed by atoms with E-state index >= 15 is 0 Å². The van der Waals surface area contributed by atoms with Crippen molar-refractivity contribution in [3.8, 4) is 0 Å². The Morgan fingerprint density at radius 3 is 1.84 bits per heavy atom. The van der Waals surface area contributed by atoms with Gasteiger partial charge in [-0.05, 0) is 25.2 Å². The van der Waals surface area contributed by atoms with Gasteiger partial charge >= 0.3 is 5.97 Å². The van der Waals surface area contributed by atoms with Crippen molar-refractivity contribution >= 4 is 22.4 Å². The average molecular weight is 297 g/mol. The minimum absolute atomic E-state index is 0.768. The molecule has 0 aliphatic rings. The van der Waals surface area contributed by atoms with E-state index < -0.39 is 27.6 Å². The van der Waals surface area contributed by atoms with Gasteiger partial charge in [-0.25, -0.2) is 4.79 Å². The van der Waals surface area contributed by atoms with E-state index in [4.69, 9.17) is 4.43 Å². The maximum absolute atomic E-state index is 12.1. The second kappa shape index (κ2) is 5.22. The molecule has 0 saturated carbocycles. The number of carboxylic acids is 1. The molecule has 0 spiro atoms. The van der Waals surface area contributed by atoms with Gasteiger partial charge in [0.15, 0.2) is 13.5 Å². The van der Waals surface area contributed by atoms with Gasteiger partial charge in [0.05, 0.1) is 0 Å². The van der Waals surface area contributed by atoms with Gasteiger partial charge in [0.25, 0.3) is 0 Å². The van der Waals surface area contributed by atoms with Gasteiger partial charge in [-0.15, -0.1) is 0 Å². The van der Waals surface area contributed by atoms with E-state index in [1.165, 1.54) is 0 Å². The highest BCUT2D eigenvalue weighted by atomic mass is 28.4. The first kappa shape index (κ1) is 16.1. The second-order valence-electron chi connectivity index (χ2n) is 6.82. The smallest absolute Gasteiger partial charge is 0.335 e. The van der Waals surface area contributed by atoms with Crippen LogP contribution < -0.4 is 0 Å². The lowest BCUT2D eigenvalue weighted by Crippen LogP contribution is -2.60. The van der Waals surface area contributed by atoms with Crippen molar-refractivity contribution in [1.82, 2.24) is 0 Å². The van der Waals surface area contributed by atoms with Crippen LogP contribution in [-0.2, 0) is 14.4 Å². The highest BCUT2D eigenvalue weighted by molar-refractivity contribution is 6.83. The molecule has 1 N–H and O–H groups in total. The minimum atomic E-state index is -2.14. The summed E-state index contributed by atoms with van der Waals surface area (Å²) in [5, 5.41) is 8.74. The van der Waals surface area contributed by atoms with Crippen LogP contribution >= 0.6 is 0 Å². The van der Waals surface area contributed by atoms with Crippen LogP contribution in [0.15, 0.2) is 30.3 Å². The predicted octanol–water partition coefficient (Wildman–Crippen LogP) is 3.70. The van der Waals surface area contributed by atoms with Crippen LogP contribution in [0.4, 0.5) is 0 Å². The average Bonchev–Trinajstić information content (AvgIpc) is 2.23. The van der Waals surface area contributed by atoms with Gasteiger partial charge in [-0.1, -0.05) is 50.0 Å². The van der Waals surface area contributed by atoms with E-state index in [2.05, 4.69) is 0 Å². The van der Waals surface area contributed by atoms with Crippen LogP contribution in [0, 0.1) is 0 Å². The molecule has 0 radical (unpaired) electrons. The van der Waals surface area contributed by atoms with Crippen LogP contribution in [-0.4, -0.2) is 27.5 Å². The van der Waals surface area contributed by atoms with Gasteiger partial charge in [0.1, 0.15) is 8.07 Å². The predicted molar refractivity (Wildman–Crippen MR) is 83.5 cm³/mol. The van der Waals surface area contributed by atoms with Crippen molar-refractivity contribution in [3.63, 3.8) is 0 Å². The summed E-state index contributed by atoms with van der Waals surface area (Å²) in [4.78, 5) is 12.1. The molecule has 1 rings (SSSR count). The normalized spacial score (nSPS) is 15.9. The Balaban J connectivity index is 3.51. The molecule has 0 unspecified atom stereocenters. The summed E-state index contributed by atoms with van der Waals surface area (Å²) in [6, 6.07) is 9.38. The molecule has 1 aromatic rings. The maximum atomic E-state index is 12.1. The first-order chi connectivity index (χ1) is 8.51. The molecule has 5 heteroatoms. The lowest BCUT2D eigenvalue weighted by molar-refractivity contribution is -0.150. The molecule has 0 aliphatic heterocycles. The number of hydrogen-bond acceptors (Lipinski definition) is 2. The second-order valence-corrected chi connectivity index (χ2v) is 16.4. The van der Waals surface area contributed by atoms with E-state index in [1.54, 1.807) is 0 Å². The summed E-state index contributed by atoms with van der Waals surface area (Å²) < 4.78 is 6.24. The third-order valence-electron chi connectivity index (χ3n) is 3.00. The van der Waals surface area contributed by atoms with Crippen molar-refractivity contribution in [1.29, 1.82) is 0 Å². The number of carboxylic acid groups (broad SMARTS) is 1. The molecule has 19 heavy (non-hydrogen) atoms. The largest absolute Gasteiger partial charge is 0.479 e. The Kier molecular flexibility index (Phi) is 4.44. The third kappa shape index (κ3) is 3.35. The van der Waals surface area contributed by atoms with Crippen molar-refractivity contribution in [2.45, 2.75) is 44.5 Å². The van der Waals surface area contributed by atoms with Gasteiger partial charge in [-0.2, -0.15) is 0 Å². The molecule has 0 aromatic heterocycles. The summed E-state index contributed by atoms with van der Waals surface area (Å²) in [5.41, 5.74) is 0.768.